The molecule has 0 spiro atoms. The molecule has 2 aromatic carbocycles. The van der Waals surface area contributed by atoms with Crippen molar-refractivity contribution in [2.75, 3.05) is 13.7 Å². The monoisotopic (exact) mass is 281 g/mol. The van der Waals surface area contributed by atoms with Crippen molar-refractivity contribution in [2.24, 2.45) is 0 Å². The first kappa shape index (κ1) is 13.7. The lowest BCUT2D eigenvalue weighted by Gasteiger charge is -2.33. The largest absolute Gasteiger partial charge is 0.493 e. The molecule has 0 aromatic heterocycles. The highest BCUT2D eigenvalue weighted by molar-refractivity contribution is 5.79. The third-order valence-corrected chi connectivity index (χ3v) is 3.99. The van der Waals surface area contributed by atoms with Crippen molar-refractivity contribution in [3.63, 3.8) is 0 Å². The third kappa shape index (κ3) is 2.92. The Labute approximate surface area is 125 Å². The summed E-state index contributed by atoms with van der Waals surface area (Å²) in [7, 11) is 1.89. The summed E-state index contributed by atoms with van der Waals surface area (Å²) in [6.07, 6.45) is 1.28. The molecule has 3 nitrogen and oxygen atoms in total. The summed E-state index contributed by atoms with van der Waals surface area (Å²) in [6.45, 7) is 0.657. The van der Waals surface area contributed by atoms with Crippen LogP contribution >= 0.6 is 0 Å². The normalized spacial score (nSPS) is 16.7. The van der Waals surface area contributed by atoms with Crippen molar-refractivity contribution in [2.45, 2.75) is 18.9 Å². The molecule has 3 heteroatoms. The average molecular weight is 281 g/mol. The molecule has 1 amide bonds. The van der Waals surface area contributed by atoms with Crippen LogP contribution in [0.4, 0.5) is 0 Å². The standard InChI is InChI=1S/C18H19NO2/c1-19(18(20)13-14-7-3-2-4-8-14)16-11-12-21-17-10-6-5-9-15(16)17/h2-10,16H,11-13H2,1H3. The predicted octanol–water partition coefficient (Wildman–Crippen LogP) is 3.21. The lowest BCUT2D eigenvalue weighted by molar-refractivity contribution is -0.131. The molecule has 108 valence electrons. The molecular formula is C18H19NO2. The van der Waals surface area contributed by atoms with Crippen LogP contribution in [0.5, 0.6) is 5.75 Å². The van der Waals surface area contributed by atoms with E-state index in [4.69, 9.17) is 4.74 Å². The minimum absolute atomic E-state index is 0.103. The van der Waals surface area contributed by atoms with Gasteiger partial charge < -0.3 is 9.64 Å². The minimum Gasteiger partial charge on any atom is -0.493 e. The molecule has 21 heavy (non-hydrogen) atoms. The maximum absolute atomic E-state index is 12.5. The molecule has 0 aliphatic carbocycles. The van der Waals surface area contributed by atoms with E-state index >= 15 is 0 Å². The number of carbonyl (C=O) groups excluding carboxylic acids is 1. The zero-order valence-electron chi connectivity index (χ0n) is 12.2. The van der Waals surface area contributed by atoms with Crippen LogP contribution in [0.15, 0.2) is 54.6 Å². The fourth-order valence-electron chi connectivity index (χ4n) is 2.79. The molecule has 2 aromatic rings. The molecule has 1 atom stereocenters. The number of hydrogen-bond acceptors (Lipinski definition) is 2. The molecule has 0 N–H and O–H groups in total. The van der Waals surface area contributed by atoms with Crippen molar-refractivity contribution in [1.82, 2.24) is 4.90 Å². The van der Waals surface area contributed by atoms with Gasteiger partial charge in [-0.15, -0.1) is 0 Å². The van der Waals surface area contributed by atoms with Crippen LogP contribution in [-0.4, -0.2) is 24.5 Å². The molecular weight excluding hydrogens is 262 g/mol. The Bertz CT molecular complexity index is 624. The fraction of sp³-hybridized carbons (Fsp3) is 0.278. The fourth-order valence-corrected chi connectivity index (χ4v) is 2.79. The highest BCUT2D eigenvalue weighted by atomic mass is 16.5. The molecule has 3 rings (SSSR count). The summed E-state index contributed by atoms with van der Waals surface area (Å²) in [5.74, 6) is 1.04. The highest BCUT2D eigenvalue weighted by Crippen LogP contribution is 2.35. The van der Waals surface area contributed by atoms with Gasteiger partial charge in [0.25, 0.3) is 0 Å². The van der Waals surface area contributed by atoms with Gasteiger partial charge in [-0.25, -0.2) is 0 Å². The Balaban J connectivity index is 1.76. The summed E-state index contributed by atoms with van der Waals surface area (Å²) in [4.78, 5) is 14.4. The van der Waals surface area contributed by atoms with Crippen molar-refractivity contribution in [3.05, 3.63) is 65.7 Å². The number of hydrogen-bond donors (Lipinski definition) is 0. The zero-order chi connectivity index (χ0) is 14.7. The second-order valence-corrected chi connectivity index (χ2v) is 5.36. The third-order valence-electron chi connectivity index (χ3n) is 3.99. The number of benzene rings is 2. The smallest absolute Gasteiger partial charge is 0.227 e. The topological polar surface area (TPSA) is 29.5 Å². The van der Waals surface area contributed by atoms with Gasteiger partial charge in [0, 0.05) is 19.0 Å². The molecule has 1 aliphatic rings. The summed E-state index contributed by atoms with van der Waals surface area (Å²) in [5.41, 5.74) is 2.15. The van der Waals surface area contributed by atoms with Crippen LogP contribution in [0.25, 0.3) is 0 Å². The first-order valence-electron chi connectivity index (χ1n) is 7.27. The van der Waals surface area contributed by atoms with Crippen LogP contribution in [0.1, 0.15) is 23.6 Å². The summed E-state index contributed by atoms with van der Waals surface area (Å²) < 4.78 is 5.66. The molecule has 0 radical (unpaired) electrons. The van der Waals surface area contributed by atoms with E-state index in [0.29, 0.717) is 13.0 Å². The number of nitrogens with zero attached hydrogens (tertiary/aromatic N) is 1. The zero-order valence-corrected chi connectivity index (χ0v) is 12.2. The van der Waals surface area contributed by atoms with Gasteiger partial charge in [-0.1, -0.05) is 48.5 Å². The van der Waals surface area contributed by atoms with Crippen LogP contribution in [0.3, 0.4) is 0 Å². The van der Waals surface area contributed by atoms with Gasteiger partial charge in [0.2, 0.25) is 5.91 Å². The Morgan fingerprint density at radius 2 is 1.86 bits per heavy atom. The van der Waals surface area contributed by atoms with Crippen LogP contribution in [0, 0.1) is 0 Å². The van der Waals surface area contributed by atoms with E-state index in [1.807, 2.05) is 66.5 Å². The number of rotatable bonds is 3. The van der Waals surface area contributed by atoms with Gasteiger partial charge in [-0.3, -0.25) is 4.79 Å². The van der Waals surface area contributed by atoms with E-state index in [9.17, 15) is 4.79 Å². The first-order chi connectivity index (χ1) is 10.3. The van der Waals surface area contributed by atoms with Gasteiger partial charge in [0.05, 0.1) is 19.1 Å². The Hall–Kier alpha value is -2.29. The molecule has 1 aliphatic heterocycles. The number of amides is 1. The SMILES string of the molecule is CN(C(=O)Cc1ccccc1)C1CCOc2ccccc21. The van der Waals surface area contributed by atoms with Gasteiger partial charge in [0.15, 0.2) is 0 Å². The van der Waals surface area contributed by atoms with Gasteiger partial charge in [0.1, 0.15) is 5.75 Å². The van der Waals surface area contributed by atoms with Gasteiger partial charge >= 0.3 is 0 Å². The molecule has 0 saturated carbocycles. The van der Waals surface area contributed by atoms with E-state index in [1.54, 1.807) is 0 Å². The van der Waals surface area contributed by atoms with Crippen molar-refractivity contribution >= 4 is 5.91 Å². The lowest BCUT2D eigenvalue weighted by Crippen LogP contribution is -2.35. The Morgan fingerprint density at radius 1 is 1.14 bits per heavy atom. The van der Waals surface area contributed by atoms with Gasteiger partial charge in [-0.05, 0) is 11.6 Å². The van der Waals surface area contributed by atoms with E-state index in [-0.39, 0.29) is 11.9 Å². The van der Waals surface area contributed by atoms with Crippen molar-refractivity contribution in [3.8, 4) is 5.75 Å². The Kier molecular flexibility index (Phi) is 3.91. The molecule has 0 bridgehead atoms. The van der Waals surface area contributed by atoms with Gasteiger partial charge in [-0.2, -0.15) is 0 Å². The van der Waals surface area contributed by atoms with E-state index < -0.39 is 0 Å². The van der Waals surface area contributed by atoms with E-state index in [2.05, 4.69) is 0 Å². The quantitative estimate of drug-likeness (QED) is 0.864. The maximum Gasteiger partial charge on any atom is 0.227 e. The van der Waals surface area contributed by atoms with Crippen molar-refractivity contribution in [1.29, 1.82) is 0 Å². The molecule has 0 saturated heterocycles. The molecule has 0 fully saturated rings. The number of likely N-dealkylation sites (N-methyl/N-ethyl adjacent to an activating group) is 1. The lowest BCUT2D eigenvalue weighted by atomic mass is 9.98. The number of ether oxygens (including phenoxy) is 1. The van der Waals surface area contributed by atoms with Crippen LogP contribution in [0.2, 0.25) is 0 Å². The highest BCUT2D eigenvalue weighted by Gasteiger charge is 2.27. The van der Waals surface area contributed by atoms with E-state index in [0.717, 1.165) is 23.3 Å². The average Bonchev–Trinajstić information content (AvgIpc) is 2.54. The second kappa shape index (κ2) is 6.00. The number of carbonyl (C=O) groups is 1. The molecule has 1 unspecified atom stereocenters. The second-order valence-electron chi connectivity index (χ2n) is 5.36. The van der Waals surface area contributed by atoms with Crippen LogP contribution < -0.4 is 4.74 Å². The summed E-state index contributed by atoms with van der Waals surface area (Å²) in [5, 5.41) is 0. The Morgan fingerprint density at radius 3 is 2.67 bits per heavy atom. The van der Waals surface area contributed by atoms with E-state index in [1.165, 1.54) is 0 Å². The molecule has 1 heterocycles. The van der Waals surface area contributed by atoms with Crippen molar-refractivity contribution < 1.29 is 9.53 Å². The number of para-hydroxylation sites is 1. The maximum atomic E-state index is 12.5. The summed E-state index contributed by atoms with van der Waals surface area (Å²) in [6, 6.07) is 18.0. The predicted molar refractivity (Wildman–Crippen MR) is 82.2 cm³/mol. The number of fused-ring (bicyclic) bond motifs is 1. The minimum atomic E-state index is 0.103. The summed E-state index contributed by atoms with van der Waals surface area (Å²) >= 11 is 0. The first-order valence-corrected chi connectivity index (χ1v) is 7.27. The van der Waals surface area contributed by atoms with Crippen LogP contribution in [-0.2, 0) is 11.2 Å².